The highest BCUT2D eigenvalue weighted by Gasteiger charge is 2.08. The highest BCUT2D eigenvalue weighted by atomic mass is 19.1. The van der Waals surface area contributed by atoms with Crippen molar-refractivity contribution in [2.45, 2.75) is 20.3 Å². The predicted molar refractivity (Wildman–Crippen MR) is 65.2 cm³/mol. The molecule has 0 saturated heterocycles. The molecule has 0 saturated carbocycles. The van der Waals surface area contributed by atoms with Gasteiger partial charge in [-0.05, 0) is 32.0 Å². The van der Waals surface area contributed by atoms with Crippen molar-refractivity contribution in [3.63, 3.8) is 0 Å². The number of carbonyl (C=O) groups is 2. The summed E-state index contributed by atoms with van der Waals surface area (Å²) in [7, 11) is 0. The van der Waals surface area contributed by atoms with Gasteiger partial charge in [-0.15, -0.1) is 0 Å². The van der Waals surface area contributed by atoms with E-state index in [1.54, 1.807) is 0 Å². The number of nitrogens with one attached hydrogen (secondary N) is 1. The van der Waals surface area contributed by atoms with E-state index in [4.69, 9.17) is 4.74 Å². The van der Waals surface area contributed by atoms with Gasteiger partial charge in [0.05, 0.1) is 13.0 Å². The molecule has 0 unspecified atom stereocenters. The second-order valence-electron chi connectivity index (χ2n) is 3.75. The molecular formula is C13H16FNO3. The molecule has 0 aromatic heterocycles. The molecule has 0 aliphatic carbocycles. The Bertz CT molecular complexity index is 446. The summed E-state index contributed by atoms with van der Waals surface area (Å²) < 4.78 is 18.6. The first kappa shape index (κ1) is 14.2. The van der Waals surface area contributed by atoms with Crippen LogP contribution in [0.2, 0.25) is 0 Å². The van der Waals surface area contributed by atoms with Crippen molar-refractivity contribution in [2.75, 3.05) is 13.2 Å². The third kappa shape index (κ3) is 4.16. The largest absolute Gasteiger partial charge is 0.490 e. The molecule has 0 aliphatic heterocycles. The van der Waals surface area contributed by atoms with Gasteiger partial charge >= 0.3 is 0 Å². The molecule has 5 heteroatoms. The van der Waals surface area contributed by atoms with Gasteiger partial charge in [-0.2, -0.15) is 0 Å². The monoisotopic (exact) mass is 253 g/mol. The number of amides is 1. The van der Waals surface area contributed by atoms with E-state index in [9.17, 15) is 14.0 Å². The average molecular weight is 253 g/mol. The lowest BCUT2D eigenvalue weighted by Crippen LogP contribution is -2.24. The first-order chi connectivity index (χ1) is 8.54. The first-order valence-electron chi connectivity index (χ1n) is 5.74. The van der Waals surface area contributed by atoms with Crippen molar-refractivity contribution < 1.29 is 18.7 Å². The summed E-state index contributed by atoms with van der Waals surface area (Å²) in [5.74, 6) is -0.899. The highest BCUT2D eigenvalue weighted by molar-refractivity contribution is 5.94. The van der Waals surface area contributed by atoms with E-state index in [0.29, 0.717) is 12.1 Å². The number of hydrogen-bond donors (Lipinski definition) is 1. The molecule has 1 amide bonds. The molecule has 18 heavy (non-hydrogen) atoms. The van der Waals surface area contributed by atoms with E-state index >= 15 is 0 Å². The summed E-state index contributed by atoms with van der Waals surface area (Å²) in [4.78, 5) is 22.2. The van der Waals surface area contributed by atoms with Gasteiger partial charge in [-0.25, -0.2) is 4.39 Å². The predicted octanol–water partition coefficient (Wildman–Crippen LogP) is 1.93. The molecule has 0 radical (unpaired) electrons. The number of hydrogen-bond acceptors (Lipinski definition) is 3. The van der Waals surface area contributed by atoms with Gasteiger partial charge in [0.2, 0.25) is 5.91 Å². The van der Waals surface area contributed by atoms with E-state index < -0.39 is 5.82 Å². The molecule has 98 valence electrons. The van der Waals surface area contributed by atoms with Crippen LogP contribution in [-0.4, -0.2) is 24.8 Å². The Balaban J connectivity index is 2.53. The van der Waals surface area contributed by atoms with Crippen LogP contribution < -0.4 is 10.1 Å². The molecule has 1 rings (SSSR count). The van der Waals surface area contributed by atoms with E-state index in [1.165, 1.54) is 19.1 Å². The minimum atomic E-state index is -0.599. The topological polar surface area (TPSA) is 55.4 Å². The smallest absolute Gasteiger partial charge is 0.223 e. The van der Waals surface area contributed by atoms with Crippen molar-refractivity contribution in [3.05, 3.63) is 29.6 Å². The van der Waals surface area contributed by atoms with Gasteiger partial charge < -0.3 is 10.1 Å². The standard InChI is InChI=1S/C13H16FNO3/c1-3-15-13(17)6-7-18-12-5-4-10(9(2)16)8-11(12)14/h4-5,8H,3,6-7H2,1-2H3,(H,15,17). The number of ether oxygens (including phenoxy) is 1. The summed E-state index contributed by atoms with van der Waals surface area (Å²) in [5.41, 5.74) is 0.295. The van der Waals surface area contributed by atoms with Crippen LogP contribution in [0.15, 0.2) is 18.2 Å². The van der Waals surface area contributed by atoms with Gasteiger partial charge in [-0.3, -0.25) is 9.59 Å². The molecule has 1 N–H and O–H groups in total. The summed E-state index contributed by atoms with van der Waals surface area (Å²) in [5, 5.41) is 2.61. The normalized spacial score (nSPS) is 9.94. The molecule has 0 heterocycles. The van der Waals surface area contributed by atoms with Gasteiger partial charge in [0, 0.05) is 12.1 Å². The summed E-state index contributed by atoms with van der Waals surface area (Å²) >= 11 is 0. The zero-order chi connectivity index (χ0) is 13.5. The van der Waals surface area contributed by atoms with Crippen LogP contribution in [-0.2, 0) is 4.79 Å². The fourth-order valence-corrected chi connectivity index (χ4v) is 1.38. The van der Waals surface area contributed by atoms with Crippen LogP contribution >= 0.6 is 0 Å². The lowest BCUT2D eigenvalue weighted by Gasteiger charge is -2.07. The average Bonchev–Trinajstić information content (AvgIpc) is 2.31. The lowest BCUT2D eigenvalue weighted by atomic mass is 10.1. The molecule has 1 aromatic rings. The molecular weight excluding hydrogens is 237 g/mol. The Kier molecular flexibility index (Phi) is 5.30. The number of benzene rings is 1. The zero-order valence-corrected chi connectivity index (χ0v) is 10.5. The quantitative estimate of drug-likeness (QED) is 0.788. The maximum absolute atomic E-state index is 13.5. The van der Waals surface area contributed by atoms with Gasteiger partial charge in [0.25, 0.3) is 0 Å². The van der Waals surface area contributed by atoms with Crippen LogP contribution in [0.1, 0.15) is 30.6 Å². The van der Waals surface area contributed by atoms with E-state index in [2.05, 4.69) is 5.32 Å². The second kappa shape index (κ2) is 6.74. The van der Waals surface area contributed by atoms with Crippen LogP contribution in [0.25, 0.3) is 0 Å². The summed E-state index contributed by atoms with van der Waals surface area (Å²) in [6, 6.07) is 4.01. The van der Waals surface area contributed by atoms with E-state index in [-0.39, 0.29) is 30.5 Å². The van der Waals surface area contributed by atoms with Gasteiger partial charge in [0.1, 0.15) is 0 Å². The van der Waals surface area contributed by atoms with Crippen LogP contribution in [0.3, 0.4) is 0 Å². The first-order valence-corrected chi connectivity index (χ1v) is 5.74. The maximum atomic E-state index is 13.5. The van der Waals surface area contributed by atoms with Crippen molar-refractivity contribution in [1.29, 1.82) is 0 Å². The molecule has 4 nitrogen and oxygen atoms in total. The minimum Gasteiger partial charge on any atom is -0.490 e. The fourth-order valence-electron chi connectivity index (χ4n) is 1.38. The van der Waals surface area contributed by atoms with Crippen LogP contribution in [0, 0.1) is 5.82 Å². The van der Waals surface area contributed by atoms with Gasteiger partial charge in [0.15, 0.2) is 17.3 Å². The Hall–Kier alpha value is -1.91. The molecule has 0 spiro atoms. The zero-order valence-electron chi connectivity index (χ0n) is 10.5. The van der Waals surface area contributed by atoms with Crippen molar-refractivity contribution >= 4 is 11.7 Å². The second-order valence-corrected chi connectivity index (χ2v) is 3.75. The molecule has 1 aromatic carbocycles. The maximum Gasteiger partial charge on any atom is 0.223 e. The highest BCUT2D eigenvalue weighted by Crippen LogP contribution is 2.18. The van der Waals surface area contributed by atoms with Crippen LogP contribution in [0.4, 0.5) is 4.39 Å². The molecule has 0 fully saturated rings. The SMILES string of the molecule is CCNC(=O)CCOc1ccc(C(C)=O)cc1F. The van der Waals surface area contributed by atoms with Crippen molar-refractivity contribution in [2.24, 2.45) is 0 Å². The number of ketones is 1. The van der Waals surface area contributed by atoms with Gasteiger partial charge in [-0.1, -0.05) is 0 Å². The molecule has 0 bridgehead atoms. The van der Waals surface area contributed by atoms with Crippen LogP contribution in [0.5, 0.6) is 5.75 Å². The minimum absolute atomic E-state index is 0.0456. The Morgan fingerprint density at radius 1 is 1.39 bits per heavy atom. The van der Waals surface area contributed by atoms with Crippen molar-refractivity contribution in [1.82, 2.24) is 5.32 Å². The number of halogens is 1. The van der Waals surface area contributed by atoms with E-state index in [0.717, 1.165) is 6.07 Å². The third-order valence-corrected chi connectivity index (χ3v) is 2.30. The summed E-state index contributed by atoms with van der Waals surface area (Å²) in [6.07, 6.45) is 0.168. The van der Waals surface area contributed by atoms with E-state index in [1.807, 2.05) is 6.92 Å². The Morgan fingerprint density at radius 2 is 2.11 bits per heavy atom. The third-order valence-electron chi connectivity index (χ3n) is 2.30. The number of carbonyl (C=O) groups excluding carboxylic acids is 2. The molecule has 0 atom stereocenters. The Labute approximate surface area is 105 Å². The van der Waals surface area contributed by atoms with Crippen molar-refractivity contribution in [3.8, 4) is 5.75 Å². The number of Topliss-reactive ketones (excluding diaryl/α,β-unsaturated/α-hetero) is 1. The fraction of sp³-hybridized carbons (Fsp3) is 0.385. The Morgan fingerprint density at radius 3 is 2.67 bits per heavy atom. The summed E-state index contributed by atoms with van der Waals surface area (Å²) in [6.45, 7) is 3.84. The number of rotatable bonds is 6. The molecule has 0 aliphatic rings. The lowest BCUT2D eigenvalue weighted by molar-refractivity contribution is -0.121.